The summed E-state index contributed by atoms with van der Waals surface area (Å²) in [5.41, 5.74) is 0. The zero-order valence-corrected chi connectivity index (χ0v) is 10.4. The van der Waals surface area contributed by atoms with Crippen LogP contribution in [0.25, 0.3) is 0 Å². The van der Waals surface area contributed by atoms with Crippen LogP contribution in [-0.4, -0.2) is 41.3 Å². The van der Waals surface area contributed by atoms with Gasteiger partial charge in [-0.15, -0.1) is 11.6 Å². The van der Waals surface area contributed by atoms with Gasteiger partial charge in [0.1, 0.15) is 0 Å². The van der Waals surface area contributed by atoms with E-state index in [4.69, 9.17) is 11.6 Å². The van der Waals surface area contributed by atoms with E-state index in [0.717, 1.165) is 18.7 Å². The fraction of sp³-hybridized carbons (Fsp3) is 0.900. The normalized spacial score (nSPS) is 26.9. The number of carbonyl (C=O) groups is 1. The standard InChI is InChI=1S/C10H18ClNOS/c1-8-3-5-12(9(8)7-11)10(13)4-6-14-2/h8-9H,3-7H2,1-2H3. The summed E-state index contributed by atoms with van der Waals surface area (Å²) in [7, 11) is 0. The van der Waals surface area contributed by atoms with Crippen molar-refractivity contribution in [3.8, 4) is 0 Å². The lowest BCUT2D eigenvalue weighted by Gasteiger charge is -2.25. The number of likely N-dealkylation sites (tertiary alicyclic amines) is 1. The van der Waals surface area contributed by atoms with Gasteiger partial charge in [0, 0.05) is 30.6 Å². The molecule has 1 aliphatic heterocycles. The Labute approximate surface area is 95.4 Å². The molecule has 2 unspecified atom stereocenters. The van der Waals surface area contributed by atoms with E-state index >= 15 is 0 Å². The number of carbonyl (C=O) groups excluding carboxylic acids is 1. The van der Waals surface area contributed by atoms with Crippen molar-refractivity contribution >= 4 is 29.3 Å². The highest BCUT2D eigenvalue weighted by Gasteiger charge is 2.32. The van der Waals surface area contributed by atoms with Crippen LogP contribution >= 0.6 is 23.4 Å². The Bertz CT molecular complexity index is 201. The lowest BCUT2D eigenvalue weighted by molar-refractivity contribution is -0.131. The molecule has 0 aromatic rings. The minimum atomic E-state index is 0.269. The van der Waals surface area contributed by atoms with E-state index in [1.54, 1.807) is 11.8 Å². The van der Waals surface area contributed by atoms with E-state index in [-0.39, 0.29) is 11.9 Å². The molecule has 0 N–H and O–H groups in total. The van der Waals surface area contributed by atoms with Crippen molar-refractivity contribution in [2.45, 2.75) is 25.8 Å². The minimum Gasteiger partial charge on any atom is -0.338 e. The van der Waals surface area contributed by atoms with E-state index in [9.17, 15) is 4.79 Å². The molecule has 14 heavy (non-hydrogen) atoms. The van der Waals surface area contributed by atoms with Crippen molar-refractivity contribution in [3.63, 3.8) is 0 Å². The fourth-order valence-electron chi connectivity index (χ4n) is 1.89. The highest BCUT2D eigenvalue weighted by Crippen LogP contribution is 2.25. The van der Waals surface area contributed by atoms with Crippen LogP contribution in [0.5, 0.6) is 0 Å². The Hall–Kier alpha value is 0.110. The number of hydrogen-bond acceptors (Lipinski definition) is 2. The van der Waals surface area contributed by atoms with Gasteiger partial charge in [-0.2, -0.15) is 11.8 Å². The van der Waals surface area contributed by atoms with Gasteiger partial charge in [-0.25, -0.2) is 0 Å². The van der Waals surface area contributed by atoms with Gasteiger partial charge in [0.15, 0.2) is 0 Å². The van der Waals surface area contributed by atoms with Crippen LogP contribution in [0, 0.1) is 5.92 Å². The number of rotatable bonds is 4. The molecule has 4 heteroatoms. The maximum atomic E-state index is 11.8. The molecule has 0 bridgehead atoms. The maximum absolute atomic E-state index is 11.8. The summed E-state index contributed by atoms with van der Waals surface area (Å²) < 4.78 is 0. The second-order valence-electron chi connectivity index (χ2n) is 3.82. The van der Waals surface area contributed by atoms with Crippen LogP contribution in [-0.2, 0) is 4.79 Å². The molecular weight excluding hydrogens is 218 g/mol. The van der Waals surface area contributed by atoms with E-state index in [1.807, 2.05) is 11.2 Å². The minimum absolute atomic E-state index is 0.269. The topological polar surface area (TPSA) is 20.3 Å². The van der Waals surface area contributed by atoms with E-state index < -0.39 is 0 Å². The van der Waals surface area contributed by atoms with Crippen LogP contribution in [0.1, 0.15) is 19.8 Å². The summed E-state index contributed by atoms with van der Waals surface area (Å²) in [5, 5.41) is 0. The lowest BCUT2D eigenvalue weighted by Crippen LogP contribution is -2.38. The van der Waals surface area contributed by atoms with E-state index in [1.165, 1.54) is 0 Å². The predicted octanol–water partition coefficient (Wildman–Crippen LogP) is 2.22. The van der Waals surface area contributed by atoms with Crippen molar-refractivity contribution in [3.05, 3.63) is 0 Å². The van der Waals surface area contributed by atoms with E-state index in [2.05, 4.69) is 6.92 Å². The third-order valence-electron chi connectivity index (χ3n) is 2.88. The molecule has 2 atom stereocenters. The second kappa shape index (κ2) is 5.86. The molecule has 0 aromatic heterocycles. The molecule has 0 radical (unpaired) electrons. The molecule has 2 nitrogen and oxygen atoms in total. The van der Waals surface area contributed by atoms with Crippen molar-refractivity contribution in [1.82, 2.24) is 4.90 Å². The van der Waals surface area contributed by atoms with Crippen LogP contribution in [0.4, 0.5) is 0 Å². The Kier molecular flexibility index (Phi) is 5.10. The smallest absolute Gasteiger partial charge is 0.223 e. The molecule has 1 fully saturated rings. The van der Waals surface area contributed by atoms with Gasteiger partial charge in [0.25, 0.3) is 0 Å². The van der Waals surface area contributed by atoms with Crippen LogP contribution in [0.3, 0.4) is 0 Å². The molecule has 1 aliphatic rings. The number of hydrogen-bond donors (Lipinski definition) is 0. The van der Waals surface area contributed by atoms with Gasteiger partial charge in [0.05, 0.1) is 0 Å². The van der Waals surface area contributed by atoms with Crippen molar-refractivity contribution in [2.75, 3.05) is 24.4 Å². The van der Waals surface area contributed by atoms with Crippen LogP contribution in [0.15, 0.2) is 0 Å². The third-order valence-corrected chi connectivity index (χ3v) is 3.81. The van der Waals surface area contributed by atoms with Gasteiger partial charge in [0.2, 0.25) is 5.91 Å². The van der Waals surface area contributed by atoms with Crippen molar-refractivity contribution in [1.29, 1.82) is 0 Å². The number of amides is 1. The summed E-state index contributed by atoms with van der Waals surface area (Å²) in [5.74, 6) is 2.32. The number of nitrogens with zero attached hydrogens (tertiary/aromatic N) is 1. The molecule has 82 valence electrons. The molecule has 0 aliphatic carbocycles. The zero-order valence-electron chi connectivity index (χ0n) is 8.83. The van der Waals surface area contributed by atoms with Crippen molar-refractivity contribution < 1.29 is 4.79 Å². The molecule has 1 amide bonds. The Morgan fingerprint density at radius 3 is 2.93 bits per heavy atom. The van der Waals surface area contributed by atoms with Gasteiger partial charge in [-0.05, 0) is 18.6 Å². The molecule has 1 saturated heterocycles. The van der Waals surface area contributed by atoms with Crippen molar-refractivity contribution in [2.24, 2.45) is 5.92 Å². The molecule has 0 spiro atoms. The molecule has 1 rings (SSSR count). The molecule has 0 aromatic carbocycles. The van der Waals surface area contributed by atoms with Crippen LogP contribution in [0.2, 0.25) is 0 Å². The van der Waals surface area contributed by atoms with Crippen LogP contribution < -0.4 is 0 Å². The fourth-order valence-corrected chi connectivity index (χ4v) is 2.74. The summed E-state index contributed by atoms with van der Waals surface area (Å²) in [6.07, 6.45) is 3.78. The summed E-state index contributed by atoms with van der Waals surface area (Å²) >= 11 is 7.59. The molecule has 1 heterocycles. The molecular formula is C10H18ClNOS. The first kappa shape index (κ1) is 12.2. The number of halogens is 1. The van der Waals surface area contributed by atoms with Gasteiger partial charge >= 0.3 is 0 Å². The maximum Gasteiger partial charge on any atom is 0.223 e. The number of alkyl halides is 1. The average Bonchev–Trinajstić information content (AvgIpc) is 2.55. The SMILES string of the molecule is CSCCC(=O)N1CCC(C)C1CCl. The second-order valence-corrected chi connectivity index (χ2v) is 5.11. The number of thioether (sulfide) groups is 1. The Morgan fingerprint density at radius 2 is 2.36 bits per heavy atom. The quantitative estimate of drug-likeness (QED) is 0.697. The van der Waals surface area contributed by atoms with E-state index in [0.29, 0.717) is 18.2 Å². The predicted molar refractivity (Wildman–Crippen MR) is 63.0 cm³/mol. The Balaban J connectivity index is 2.46. The summed E-state index contributed by atoms with van der Waals surface area (Å²) in [6.45, 7) is 3.07. The van der Waals surface area contributed by atoms with Gasteiger partial charge in [-0.1, -0.05) is 6.92 Å². The summed E-state index contributed by atoms with van der Waals surface area (Å²) in [6, 6.07) is 0.269. The highest BCUT2D eigenvalue weighted by atomic mass is 35.5. The monoisotopic (exact) mass is 235 g/mol. The summed E-state index contributed by atoms with van der Waals surface area (Å²) in [4.78, 5) is 13.7. The largest absolute Gasteiger partial charge is 0.338 e. The average molecular weight is 236 g/mol. The molecule has 0 saturated carbocycles. The first-order chi connectivity index (χ1) is 6.70. The Morgan fingerprint density at radius 1 is 1.64 bits per heavy atom. The first-order valence-electron chi connectivity index (χ1n) is 5.05. The first-order valence-corrected chi connectivity index (χ1v) is 6.98. The van der Waals surface area contributed by atoms with Gasteiger partial charge < -0.3 is 4.90 Å². The van der Waals surface area contributed by atoms with Gasteiger partial charge in [-0.3, -0.25) is 4.79 Å². The highest BCUT2D eigenvalue weighted by molar-refractivity contribution is 7.98. The third kappa shape index (κ3) is 2.80. The lowest BCUT2D eigenvalue weighted by atomic mass is 10.1. The zero-order chi connectivity index (χ0) is 10.6.